The molecule has 164 valence electrons. The van der Waals surface area contributed by atoms with Crippen molar-refractivity contribution in [2.24, 2.45) is 5.73 Å². The molecule has 3 rings (SSSR count). The van der Waals surface area contributed by atoms with Crippen LogP contribution < -0.4 is 15.8 Å². The molecule has 12 heteroatoms. The third-order valence-electron chi connectivity index (χ3n) is 4.21. The van der Waals surface area contributed by atoms with Crippen LogP contribution in [0.3, 0.4) is 0 Å². The van der Waals surface area contributed by atoms with Gasteiger partial charge in [0.2, 0.25) is 5.91 Å². The van der Waals surface area contributed by atoms with E-state index in [1.807, 2.05) is 10.8 Å². The van der Waals surface area contributed by atoms with E-state index in [0.29, 0.717) is 30.7 Å². The van der Waals surface area contributed by atoms with Crippen molar-refractivity contribution in [2.45, 2.75) is 24.0 Å². The molecule has 0 saturated heterocycles. The number of imidazole rings is 1. The second kappa shape index (κ2) is 9.69. The molecule has 1 aromatic carbocycles. The minimum Gasteiger partial charge on any atom is -0.492 e. The van der Waals surface area contributed by atoms with E-state index in [1.54, 1.807) is 36.8 Å². The quantitative estimate of drug-likeness (QED) is 0.340. The number of carbonyl (C=O) groups excluding carboxylic acids is 1. The summed E-state index contributed by atoms with van der Waals surface area (Å²) in [6.45, 7) is 1.07. The molecule has 2 heterocycles. The number of benzene rings is 1. The minimum absolute atomic E-state index is 0.366. The van der Waals surface area contributed by atoms with Gasteiger partial charge in [0.05, 0.1) is 18.2 Å². The first-order chi connectivity index (χ1) is 14.7. The summed E-state index contributed by atoms with van der Waals surface area (Å²) < 4.78 is 46.3. The first kappa shape index (κ1) is 22.4. The van der Waals surface area contributed by atoms with Crippen LogP contribution in [0.4, 0.5) is 18.9 Å². The lowest BCUT2D eigenvalue weighted by atomic mass is 10.1. The molecule has 3 aromatic rings. The SMILES string of the molecule is NC(=O)C(c1nccc(C(F)(F)F)n1)C(S)Nc1ccc(OCCn2ccnc2)cc1. The normalized spacial score (nSPS) is 13.4. The molecule has 0 fully saturated rings. The largest absolute Gasteiger partial charge is 0.492 e. The van der Waals surface area contributed by atoms with Gasteiger partial charge in [-0.05, 0) is 30.3 Å². The summed E-state index contributed by atoms with van der Waals surface area (Å²) >= 11 is 4.30. The second-order valence-electron chi connectivity index (χ2n) is 6.44. The van der Waals surface area contributed by atoms with Crippen LogP contribution in [-0.2, 0) is 17.5 Å². The fourth-order valence-electron chi connectivity index (χ4n) is 2.69. The first-order valence-corrected chi connectivity index (χ1v) is 9.58. The standard InChI is InChI=1S/C19H19F3N6O2S/c20-19(21,22)14-5-6-25-17(27-14)15(16(23)29)18(31)26-12-1-3-13(4-2-12)30-10-9-28-8-7-24-11-28/h1-8,11,15,18,26,31H,9-10H2,(H2,23,29). The van der Waals surface area contributed by atoms with Crippen molar-refractivity contribution < 1.29 is 22.7 Å². The van der Waals surface area contributed by atoms with Crippen LogP contribution in [0.5, 0.6) is 5.75 Å². The molecular weight excluding hydrogens is 433 g/mol. The number of halogens is 3. The van der Waals surface area contributed by atoms with Crippen molar-refractivity contribution in [1.29, 1.82) is 0 Å². The summed E-state index contributed by atoms with van der Waals surface area (Å²) in [5, 5.41) is 1.96. The fourth-order valence-corrected chi connectivity index (χ4v) is 3.12. The molecule has 8 nitrogen and oxygen atoms in total. The van der Waals surface area contributed by atoms with Crippen LogP contribution in [0.1, 0.15) is 17.4 Å². The maximum Gasteiger partial charge on any atom is 0.433 e. The average Bonchev–Trinajstić information content (AvgIpc) is 3.22. The molecule has 1 amide bonds. The van der Waals surface area contributed by atoms with Crippen LogP contribution in [0.2, 0.25) is 0 Å². The van der Waals surface area contributed by atoms with E-state index in [2.05, 4.69) is 32.9 Å². The molecule has 0 radical (unpaired) electrons. The number of anilines is 1. The maximum atomic E-state index is 12.9. The zero-order chi connectivity index (χ0) is 22.4. The van der Waals surface area contributed by atoms with Crippen LogP contribution in [0, 0.1) is 0 Å². The summed E-state index contributed by atoms with van der Waals surface area (Å²) in [5.41, 5.74) is 4.78. The van der Waals surface area contributed by atoms with Gasteiger partial charge in [0, 0.05) is 24.3 Å². The van der Waals surface area contributed by atoms with E-state index in [1.165, 1.54) is 0 Å². The smallest absolute Gasteiger partial charge is 0.433 e. The van der Waals surface area contributed by atoms with Gasteiger partial charge < -0.3 is 20.4 Å². The van der Waals surface area contributed by atoms with E-state index < -0.39 is 29.1 Å². The lowest BCUT2D eigenvalue weighted by Gasteiger charge is -2.22. The number of thiol groups is 1. The van der Waals surface area contributed by atoms with Gasteiger partial charge in [0.15, 0.2) is 0 Å². The van der Waals surface area contributed by atoms with Crippen molar-refractivity contribution in [3.8, 4) is 5.75 Å². The highest BCUT2D eigenvalue weighted by atomic mass is 32.1. The molecule has 0 aliphatic heterocycles. The van der Waals surface area contributed by atoms with Crippen LogP contribution >= 0.6 is 12.6 Å². The Morgan fingerprint density at radius 1 is 1.23 bits per heavy atom. The number of nitrogens with zero attached hydrogens (tertiary/aromatic N) is 4. The molecule has 2 atom stereocenters. The van der Waals surface area contributed by atoms with E-state index in [-0.39, 0.29) is 5.82 Å². The minimum atomic E-state index is -4.67. The van der Waals surface area contributed by atoms with Crippen molar-refractivity contribution in [3.05, 3.63) is 66.8 Å². The highest BCUT2D eigenvalue weighted by molar-refractivity contribution is 7.81. The Morgan fingerprint density at radius 3 is 2.58 bits per heavy atom. The van der Waals surface area contributed by atoms with Crippen LogP contribution in [0.25, 0.3) is 0 Å². The van der Waals surface area contributed by atoms with Crippen molar-refractivity contribution in [1.82, 2.24) is 19.5 Å². The molecule has 0 saturated carbocycles. The number of aromatic nitrogens is 4. The number of carbonyl (C=O) groups is 1. The summed E-state index contributed by atoms with van der Waals surface area (Å²) in [7, 11) is 0. The predicted octanol–water partition coefficient (Wildman–Crippen LogP) is 2.71. The first-order valence-electron chi connectivity index (χ1n) is 9.06. The fraction of sp³-hybridized carbons (Fsp3) is 0.263. The number of alkyl halides is 3. The Balaban J connectivity index is 1.64. The molecule has 0 spiro atoms. The topological polar surface area (TPSA) is 108 Å². The van der Waals surface area contributed by atoms with E-state index in [4.69, 9.17) is 10.5 Å². The Kier molecular flexibility index (Phi) is 7.00. The van der Waals surface area contributed by atoms with E-state index in [0.717, 1.165) is 6.20 Å². The molecule has 2 aromatic heterocycles. The van der Waals surface area contributed by atoms with Gasteiger partial charge in [-0.25, -0.2) is 15.0 Å². The highest BCUT2D eigenvalue weighted by Gasteiger charge is 2.35. The Bertz CT molecular complexity index is 999. The zero-order valence-electron chi connectivity index (χ0n) is 16.0. The van der Waals surface area contributed by atoms with Gasteiger partial charge in [0.1, 0.15) is 29.8 Å². The summed E-state index contributed by atoms with van der Waals surface area (Å²) in [4.78, 5) is 23.1. The maximum absolute atomic E-state index is 12.9. The molecule has 3 N–H and O–H groups in total. The molecule has 0 bridgehead atoms. The number of rotatable bonds is 9. The Labute approximate surface area is 181 Å². The number of ether oxygens (including phenoxy) is 1. The third-order valence-corrected chi connectivity index (χ3v) is 4.64. The zero-order valence-corrected chi connectivity index (χ0v) is 16.9. The van der Waals surface area contributed by atoms with Gasteiger partial charge in [-0.2, -0.15) is 25.8 Å². The lowest BCUT2D eigenvalue weighted by Crippen LogP contribution is -2.34. The van der Waals surface area contributed by atoms with Gasteiger partial charge in [-0.15, -0.1) is 0 Å². The van der Waals surface area contributed by atoms with E-state index in [9.17, 15) is 18.0 Å². The van der Waals surface area contributed by atoms with Gasteiger partial charge >= 0.3 is 6.18 Å². The Hall–Kier alpha value is -3.28. The van der Waals surface area contributed by atoms with Crippen molar-refractivity contribution in [3.63, 3.8) is 0 Å². The monoisotopic (exact) mass is 452 g/mol. The number of hydrogen-bond acceptors (Lipinski definition) is 7. The number of primary amides is 1. The van der Waals surface area contributed by atoms with Gasteiger partial charge in [0.25, 0.3) is 0 Å². The number of hydrogen-bond donors (Lipinski definition) is 3. The van der Waals surface area contributed by atoms with Gasteiger partial charge in [-0.3, -0.25) is 4.79 Å². The molecule has 2 unspecified atom stereocenters. The summed E-state index contributed by atoms with van der Waals surface area (Å²) in [5.74, 6) is -1.95. The molecule has 31 heavy (non-hydrogen) atoms. The third kappa shape index (κ3) is 6.10. The molecular formula is C19H19F3N6O2S. The summed E-state index contributed by atoms with van der Waals surface area (Å²) in [6.07, 6.45) is 1.45. The van der Waals surface area contributed by atoms with Crippen molar-refractivity contribution >= 4 is 24.2 Å². The van der Waals surface area contributed by atoms with Crippen LogP contribution in [-0.4, -0.2) is 37.4 Å². The van der Waals surface area contributed by atoms with E-state index >= 15 is 0 Å². The van der Waals surface area contributed by atoms with Crippen LogP contribution in [0.15, 0.2) is 55.2 Å². The summed E-state index contributed by atoms with van der Waals surface area (Å²) in [6, 6.07) is 7.49. The lowest BCUT2D eigenvalue weighted by molar-refractivity contribution is -0.141. The molecule has 0 aliphatic rings. The second-order valence-corrected chi connectivity index (χ2v) is 7.00. The number of nitrogens with one attached hydrogen (secondary N) is 1. The predicted molar refractivity (Wildman–Crippen MR) is 110 cm³/mol. The van der Waals surface area contributed by atoms with Gasteiger partial charge in [-0.1, -0.05) is 0 Å². The number of amides is 1. The molecule has 0 aliphatic carbocycles. The Morgan fingerprint density at radius 2 is 1.97 bits per heavy atom. The number of nitrogens with two attached hydrogens (primary N) is 1. The highest BCUT2D eigenvalue weighted by Crippen LogP contribution is 2.29. The van der Waals surface area contributed by atoms with Crippen molar-refractivity contribution in [2.75, 3.05) is 11.9 Å². The average molecular weight is 452 g/mol.